The second-order valence-corrected chi connectivity index (χ2v) is 5.00. The first-order valence-electron chi connectivity index (χ1n) is 5.46. The van der Waals surface area contributed by atoms with Gasteiger partial charge >= 0.3 is 0 Å². The average molecular weight is 249 g/mol. The van der Waals surface area contributed by atoms with Gasteiger partial charge in [0.25, 0.3) is 0 Å². The number of nitrogens with zero attached hydrogens (tertiary/aromatic N) is 1. The van der Waals surface area contributed by atoms with Gasteiger partial charge in [0.1, 0.15) is 5.75 Å². The third kappa shape index (κ3) is 2.65. The topological polar surface area (TPSA) is 42.4 Å². The Morgan fingerprint density at radius 1 is 1.29 bits per heavy atom. The van der Waals surface area contributed by atoms with Crippen LogP contribution in [0.5, 0.6) is 5.75 Å². The van der Waals surface area contributed by atoms with Crippen LogP contribution in [0.3, 0.4) is 0 Å². The van der Waals surface area contributed by atoms with Crippen molar-refractivity contribution in [3.05, 3.63) is 34.2 Å². The van der Waals surface area contributed by atoms with E-state index in [2.05, 4.69) is 11.9 Å². The number of methoxy groups -OCH3 is 1. The fraction of sp³-hybridized carbons (Fsp3) is 0.308. The second kappa shape index (κ2) is 5.29. The van der Waals surface area contributed by atoms with Crippen LogP contribution >= 0.6 is 11.3 Å². The summed E-state index contributed by atoms with van der Waals surface area (Å²) in [7, 11) is 1.66. The van der Waals surface area contributed by atoms with E-state index in [4.69, 9.17) is 9.84 Å². The van der Waals surface area contributed by atoms with Crippen LogP contribution in [0, 0.1) is 6.92 Å². The van der Waals surface area contributed by atoms with Crippen LogP contribution in [0.15, 0.2) is 24.3 Å². The Hall–Kier alpha value is -1.39. The third-order valence-corrected chi connectivity index (χ3v) is 3.56. The highest BCUT2D eigenvalue weighted by molar-refractivity contribution is 7.12. The van der Waals surface area contributed by atoms with Crippen molar-refractivity contribution >= 4 is 11.3 Å². The van der Waals surface area contributed by atoms with Crippen molar-refractivity contribution in [1.29, 1.82) is 0 Å². The number of rotatable bonds is 4. The minimum Gasteiger partial charge on any atom is -0.497 e. The predicted molar refractivity (Wildman–Crippen MR) is 69.6 cm³/mol. The smallest absolute Gasteiger partial charge is 0.118 e. The number of hydrogen-bond donors (Lipinski definition) is 1. The van der Waals surface area contributed by atoms with Crippen molar-refractivity contribution in [3.63, 3.8) is 0 Å². The lowest BCUT2D eigenvalue weighted by molar-refractivity contribution is 0.299. The van der Waals surface area contributed by atoms with E-state index in [1.54, 1.807) is 18.4 Å². The number of aryl methyl sites for hydroxylation is 1. The Morgan fingerprint density at radius 3 is 2.59 bits per heavy atom. The van der Waals surface area contributed by atoms with E-state index in [-0.39, 0.29) is 6.61 Å². The Bertz CT molecular complexity index is 491. The standard InChI is InChI=1S/C13H15NO2S/c1-9-13(14-12(17-9)7-8-15)10-3-5-11(16-2)6-4-10/h3-6,15H,7-8H2,1-2H3. The fourth-order valence-corrected chi connectivity index (χ4v) is 2.61. The van der Waals surface area contributed by atoms with E-state index in [9.17, 15) is 0 Å². The number of aliphatic hydroxyl groups excluding tert-OH is 1. The molecule has 0 amide bonds. The summed E-state index contributed by atoms with van der Waals surface area (Å²) in [5, 5.41) is 9.89. The molecule has 0 aliphatic rings. The molecule has 0 saturated carbocycles. The number of ether oxygens (including phenoxy) is 1. The molecule has 0 unspecified atom stereocenters. The molecule has 2 rings (SSSR count). The highest BCUT2D eigenvalue weighted by Crippen LogP contribution is 2.28. The van der Waals surface area contributed by atoms with Gasteiger partial charge in [-0.3, -0.25) is 0 Å². The summed E-state index contributed by atoms with van der Waals surface area (Å²) in [4.78, 5) is 5.72. The fourth-order valence-electron chi connectivity index (χ4n) is 1.67. The van der Waals surface area contributed by atoms with Gasteiger partial charge < -0.3 is 9.84 Å². The summed E-state index contributed by atoms with van der Waals surface area (Å²) in [5.74, 6) is 0.845. The Labute approximate surface area is 105 Å². The lowest BCUT2D eigenvalue weighted by Crippen LogP contribution is -1.89. The van der Waals surface area contributed by atoms with E-state index in [1.807, 2.05) is 24.3 Å². The molecule has 1 aromatic carbocycles. The summed E-state index contributed by atoms with van der Waals surface area (Å²) < 4.78 is 5.13. The van der Waals surface area contributed by atoms with Crippen molar-refractivity contribution in [2.75, 3.05) is 13.7 Å². The Kier molecular flexibility index (Phi) is 3.76. The van der Waals surface area contributed by atoms with E-state index in [0.717, 1.165) is 22.0 Å². The van der Waals surface area contributed by atoms with Crippen LogP contribution in [0.2, 0.25) is 0 Å². The largest absolute Gasteiger partial charge is 0.497 e. The van der Waals surface area contributed by atoms with Gasteiger partial charge in [-0.1, -0.05) is 0 Å². The monoisotopic (exact) mass is 249 g/mol. The van der Waals surface area contributed by atoms with E-state index >= 15 is 0 Å². The van der Waals surface area contributed by atoms with Crippen LogP contribution in [0.25, 0.3) is 11.3 Å². The summed E-state index contributed by atoms with van der Waals surface area (Å²) in [6, 6.07) is 7.87. The molecule has 2 aromatic rings. The molecule has 0 fully saturated rings. The number of hydrogen-bond acceptors (Lipinski definition) is 4. The molecule has 17 heavy (non-hydrogen) atoms. The molecule has 0 atom stereocenters. The lowest BCUT2D eigenvalue weighted by atomic mass is 10.1. The normalized spacial score (nSPS) is 10.5. The molecule has 1 heterocycles. The van der Waals surface area contributed by atoms with Gasteiger partial charge in [0, 0.05) is 23.5 Å². The molecule has 0 aliphatic carbocycles. The van der Waals surface area contributed by atoms with Crippen molar-refractivity contribution in [3.8, 4) is 17.0 Å². The minimum absolute atomic E-state index is 0.148. The van der Waals surface area contributed by atoms with Crippen LogP contribution in [-0.4, -0.2) is 23.8 Å². The van der Waals surface area contributed by atoms with E-state index in [0.29, 0.717) is 6.42 Å². The maximum Gasteiger partial charge on any atom is 0.118 e. The first-order valence-corrected chi connectivity index (χ1v) is 6.28. The zero-order chi connectivity index (χ0) is 12.3. The molecule has 3 nitrogen and oxygen atoms in total. The molecular weight excluding hydrogens is 234 g/mol. The van der Waals surface area contributed by atoms with Crippen LogP contribution < -0.4 is 4.74 Å². The van der Waals surface area contributed by atoms with Crippen molar-refractivity contribution in [2.24, 2.45) is 0 Å². The zero-order valence-electron chi connectivity index (χ0n) is 9.93. The molecule has 1 N–H and O–H groups in total. The zero-order valence-corrected chi connectivity index (χ0v) is 10.8. The molecule has 4 heteroatoms. The van der Waals surface area contributed by atoms with Crippen molar-refractivity contribution < 1.29 is 9.84 Å². The summed E-state index contributed by atoms with van der Waals surface area (Å²) in [6.45, 7) is 2.20. The van der Waals surface area contributed by atoms with E-state index in [1.165, 1.54) is 4.88 Å². The van der Waals surface area contributed by atoms with Gasteiger partial charge in [-0.15, -0.1) is 11.3 Å². The lowest BCUT2D eigenvalue weighted by Gasteiger charge is -2.01. The van der Waals surface area contributed by atoms with Gasteiger partial charge in [0.2, 0.25) is 0 Å². The van der Waals surface area contributed by atoms with Crippen molar-refractivity contribution in [1.82, 2.24) is 4.98 Å². The maximum absolute atomic E-state index is 8.91. The molecule has 0 radical (unpaired) electrons. The highest BCUT2D eigenvalue weighted by Gasteiger charge is 2.09. The van der Waals surface area contributed by atoms with Crippen LogP contribution in [0.1, 0.15) is 9.88 Å². The predicted octanol–water partition coefficient (Wildman–Crippen LogP) is 2.66. The van der Waals surface area contributed by atoms with Gasteiger partial charge in [-0.2, -0.15) is 0 Å². The summed E-state index contributed by atoms with van der Waals surface area (Å²) in [6.07, 6.45) is 0.627. The molecular formula is C13H15NO2S. The van der Waals surface area contributed by atoms with Crippen LogP contribution in [0.4, 0.5) is 0 Å². The first-order chi connectivity index (χ1) is 8.24. The Morgan fingerprint density at radius 2 is 2.00 bits per heavy atom. The summed E-state index contributed by atoms with van der Waals surface area (Å²) >= 11 is 1.64. The molecule has 90 valence electrons. The molecule has 0 saturated heterocycles. The van der Waals surface area contributed by atoms with Gasteiger partial charge in [0.15, 0.2) is 0 Å². The average Bonchev–Trinajstić information content (AvgIpc) is 2.71. The number of benzene rings is 1. The third-order valence-electron chi connectivity index (χ3n) is 2.53. The van der Waals surface area contributed by atoms with Crippen molar-refractivity contribution in [2.45, 2.75) is 13.3 Å². The number of aromatic nitrogens is 1. The second-order valence-electron chi connectivity index (χ2n) is 3.71. The van der Waals surface area contributed by atoms with Gasteiger partial charge in [-0.25, -0.2) is 4.98 Å². The minimum atomic E-state index is 0.148. The highest BCUT2D eigenvalue weighted by atomic mass is 32.1. The maximum atomic E-state index is 8.91. The number of thiazole rings is 1. The molecule has 0 bridgehead atoms. The number of aliphatic hydroxyl groups is 1. The Balaban J connectivity index is 2.31. The molecule has 1 aromatic heterocycles. The first kappa shape index (κ1) is 12.1. The van der Waals surface area contributed by atoms with Crippen LogP contribution in [-0.2, 0) is 6.42 Å². The SMILES string of the molecule is COc1ccc(-c2nc(CCO)sc2C)cc1. The van der Waals surface area contributed by atoms with Gasteiger partial charge in [0.05, 0.1) is 17.8 Å². The quantitative estimate of drug-likeness (QED) is 0.905. The molecule has 0 aliphatic heterocycles. The summed E-state index contributed by atoms with van der Waals surface area (Å²) in [5.41, 5.74) is 2.09. The van der Waals surface area contributed by atoms with Gasteiger partial charge in [-0.05, 0) is 31.2 Å². The van der Waals surface area contributed by atoms with E-state index < -0.39 is 0 Å². The molecule has 0 spiro atoms.